The molecule has 0 amide bonds. The highest BCUT2D eigenvalue weighted by atomic mass is 32.1. The van der Waals surface area contributed by atoms with Crippen LogP contribution in [-0.4, -0.2) is 19.3 Å². The first-order valence-corrected chi connectivity index (χ1v) is 6.36. The van der Waals surface area contributed by atoms with E-state index in [1.165, 1.54) is 25.3 Å². The first-order chi connectivity index (χ1) is 7.65. The first kappa shape index (κ1) is 11.8. The molecule has 0 bridgehead atoms. The van der Waals surface area contributed by atoms with Gasteiger partial charge in [0.1, 0.15) is 5.82 Å². The molecular weight excluding hydrogens is 221 g/mol. The van der Waals surface area contributed by atoms with Crippen molar-refractivity contribution < 1.29 is 4.39 Å². The zero-order chi connectivity index (χ0) is 11.6. The molecule has 0 heterocycles. The Morgan fingerprint density at radius 1 is 1.44 bits per heavy atom. The summed E-state index contributed by atoms with van der Waals surface area (Å²) in [4.78, 5) is 2.14. The van der Waals surface area contributed by atoms with Crippen LogP contribution in [-0.2, 0) is 0 Å². The number of anilines is 1. The minimum absolute atomic E-state index is 0.169. The average molecular weight is 239 g/mol. The molecule has 16 heavy (non-hydrogen) atoms. The van der Waals surface area contributed by atoms with Gasteiger partial charge in [0, 0.05) is 19.3 Å². The van der Waals surface area contributed by atoms with Gasteiger partial charge in [0.15, 0.2) is 0 Å². The van der Waals surface area contributed by atoms with Crippen molar-refractivity contribution in [2.75, 3.05) is 24.2 Å². The summed E-state index contributed by atoms with van der Waals surface area (Å²) >= 11 is 4.44. The van der Waals surface area contributed by atoms with Crippen LogP contribution in [0, 0.1) is 11.2 Å². The first-order valence-electron chi connectivity index (χ1n) is 5.73. The Kier molecular flexibility index (Phi) is 3.43. The lowest BCUT2D eigenvalue weighted by Gasteiger charge is -2.44. The van der Waals surface area contributed by atoms with Gasteiger partial charge in [0.05, 0.1) is 0 Å². The molecule has 1 saturated carbocycles. The maximum atomic E-state index is 13.1. The molecule has 1 aliphatic rings. The Balaban J connectivity index is 2.05. The van der Waals surface area contributed by atoms with Gasteiger partial charge in [-0.1, -0.05) is 12.5 Å². The summed E-state index contributed by atoms with van der Waals surface area (Å²) in [5, 5.41) is 0. The molecule has 0 atom stereocenters. The monoisotopic (exact) mass is 239 g/mol. The topological polar surface area (TPSA) is 3.24 Å². The number of nitrogens with zero attached hydrogens (tertiary/aromatic N) is 1. The van der Waals surface area contributed by atoms with E-state index < -0.39 is 0 Å². The van der Waals surface area contributed by atoms with E-state index in [4.69, 9.17) is 0 Å². The predicted octanol–water partition coefficient (Wildman–Crippen LogP) is 3.36. The lowest BCUT2D eigenvalue weighted by atomic mass is 9.70. The SMILES string of the molecule is CN(CC1(CS)CCC1)c1cccc(F)c1. The molecule has 1 nitrogen and oxygen atoms in total. The van der Waals surface area contributed by atoms with Crippen molar-refractivity contribution in [1.82, 2.24) is 0 Å². The molecule has 1 fully saturated rings. The minimum atomic E-state index is -0.169. The van der Waals surface area contributed by atoms with Crippen molar-refractivity contribution >= 4 is 18.3 Å². The molecule has 0 spiro atoms. The van der Waals surface area contributed by atoms with Crippen LogP contribution >= 0.6 is 12.6 Å². The van der Waals surface area contributed by atoms with Gasteiger partial charge in [-0.2, -0.15) is 12.6 Å². The highest BCUT2D eigenvalue weighted by Crippen LogP contribution is 2.42. The fourth-order valence-electron chi connectivity index (χ4n) is 2.35. The summed E-state index contributed by atoms with van der Waals surface area (Å²) in [5.74, 6) is 0.755. The van der Waals surface area contributed by atoms with Gasteiger partial charge < -0.3 is 4.90 Å². The average Bonchev–Trinajstić information content (AvgIpc) is 2.23. The third-order valence-electron chi connectivity index (χ3n) is 3.57. The van der Waals surface area contributed by atoms with Gasteiger partial charge in [-0.15, -0.1) is 0 Å². The molecule has 0 aliphatic heterocycles. The van der Waals surface area contributed by atoms with Crippen LogP contribution in [0.25, 0.3) is 0 Å². The number of hydrogen-bond acceptors (Lipinski definition) is 2. The predicted molar refractivity (Wildman–Crippen MR) is 69.8 cm³/mol. The molecule has 0 radical (unpaired) electrons. The number of thiol groups is 1. The van der Waals surface area contributed by atoms with E-state index in [9.17, 15) is 4.39 Å². The zero-order valence-electron chi connectivity index (χ0n) is 9.62. The van der Waals surface area contributed by atoms with Gasteiger partial charge in [-0.3, -0.25) is 0 Å². The molecule has 0 unspecified atom stereocenters. The van der Waals surface area contributed by atoms with Crippen LogP contribution in [0.4, 0.5) is 10.1 Å². The fraction of sp³-hybridized carbons (Fsp3) is 0.538. The van der Waals surface area contributed by atoms with Gasteiger partial charge in [0.25, 0.3) is 0 Å². The summed E-state index contributed by atoms with van der Waals surface area (Å²) in [6, 6.07) is 6.78. The highest BCUT2D eigenvalue weighted by Gasteiger charge is 2.36. The van der Waals surface area contributed by atoms with Gasteiger partial charge in [0.2, 0.25) is 0 Å². The van der Waals surface area contributed by atoms with E-state index in [0.29, 0.717) is 5.41 Å². The highest BCUT2D eigenvalue weighted by molar-refractivity contribution is 7.80. The van der Waals surface area contributed by atoms with Crippen LogP contribution in [0.1, 0.15) is 19.3 Å². The number of hydrogen-bond donors (Lipinski definition) is 1. The van der Waals surface area contributed by atoms with Gasteiger partial charge in [-0.25, -0.2) is 4.39 Å². The summed E-state index contributed by atoms with van der Waals surface area (Å²) < 4.78 is 13.1. The third-order valence-corrected chi connectivity index (χ3v) is 4.24. The Morgan fingerprint density at radius 2 is 2.19 bits per heavy atom. The van der Waals surface area contributed by atoms with E-state index in [0.717, 1.165) is 18.0 Å². The standard InChI is InChI=1S/C13H18FNS/c1-15(9-13(10-16)6-3-7-13)12-5-2-4-11(14)8-12/h2,4-5,8,16H,3,6-7,9-10H2,1H3. The zero-order valence-corrected chi connectivity index (χ0v) is 10.5. The summed E-state index contributed by atoms with van der Waals surface area (Å²) in [6.07, 6.45) is 3.80. The summed E-state index contributed by atoms with van der Waals surface area (Å²) in [7, 11) is 2.03. The van der Waals surface area contributed by atoms with Crippen LogP contribution in [0.5, 0.6) is 0 Å². The van der Waals surface area contributed by atoms with Crippen molar-refractivity contribution in [3.05, 3.63) is 30.1 Å². The van der Waals surface area contributed by atoms with Crippen LogP contribution in [0.15, 0.2) is 24.3 Å². The van der Waals surface area contributed by atoms with Crippen LogP contribution < -0.4 is 4.90 Å². The van der Waals surface area contributed by atoms with Crippen molar-refractivity contribution in [3.8, 4) is 0 Å². The molecule has 1 aromatic rings. The number of benzene rings is 1. The molecule has 2 rings (SSSR count). The lowest BCUT2D eigenvalue weighted by molar-refractivity contribution is 0.178. The van der Waals surface area contributed by atoms with Gasteiger partial charge in [-0.05, 0) is 42.2 Å². The van der Waals surface area contributed by atoms with Gasteiger partial charge >= 0.3 is 0 Å². The molecule has 0 N–H and O–H groups in total. The van der Waals surface area contributed by atoms with Crippen molar-refractivity contribution in [1.29, 1.82) is 0 Å². The van der Waals surface area contributed by atoms with E-state index in [-0.39, 0.29) is 5.82 Å². The molecule has 1 aromatic carbocycles. The quantitative estimate of drug-likeness (QED) is 0.789. The van der Waals surface area contributed by atoms with Crippen molar-refractivity contribution in [2.45, 2.75) is 19.3 Å². The van der Waals surface area contributed by atoms with Crippen molar-refractivity contribution in [2.24, 2.45) is 5.41 Å². The molecule has 0 aromatic heterocycles. The number of rotatable bonds is 4. The minimum Gasteiger partial charge on any atom is -0.374 e. The third kappa shape index (κ3) is 2.34. The van der Waals surface area contributed by atoms with E-state index in [2.05, 4.69) is 17.5 Å². The second kappa shape index (κ2) is 4.66. The van der Waals surface area contributed by atoms with E-state index in [1.807, 2.05) is 13.1 Å². The molecule has 88 valence electrons. The molecule has 3 heteroatoms. The summed E-state index contributed by atoms with van der Waals surface area (Å²) in [6.45, 7) is 0.972. The lowest BCUT2D eigenvalue weighted by Crippen LogP contribution is -2.42. The second-order valence-electron chi connectivity index (χ2n) is 4.85. The number of halogens is 1. The van der Waals surface area contributed by atoms with Crippen molar-refractivity contribution in [3.63, 3.8) is 0 Å². The molecular formula is C13H18FNS. The van der Waals surface area contributed by atoms with Crippen LogP contribution in [0.3, 0.4) is 0 Å². The Labute approximate surface area is 102 Å². The Morgan fingerprint density at radius 3 is 2.69 bits per heavy atom. The maximum Gasteiger partial charge on any atom is 0.125 e. The Hall–Kier alpha value is -0.700. The maximum absolute atomic E-state index is 13.1. The summed E-state index contributed by atoms with van der Waals surface area (Å²) in [5.41, 5.74) is 1.30. The molecule has 1 aliphatic carbocycles. The molecule has 0 saturated heterocycles. The largest absolute Gasteiger partial charge is 0.374 e. The van der Waals surface area contributed by atoms with E-state index in [1.54, 1.807) is 12.1 Å². The second-order valence-corrected chi connectivity index (χ2v) is 5.16. The van der Waals surface area contributed by atoms with Crippen LogP contribution in [0.2, 0.25) is 0 Å². The smallest absolute Gasteiger partial charge is 0.125 e. The Bertz CT molecular complexity index is 357. The fourth-order valence-corrected chi connectivity index (χ4v) is 2.77. The normalized spacial score (nSPS) is 17.9. The van der Waals surface area contributed by atoms with E-state index >= 15 is 0 Å².